The summed E-state index contributed by atoms with van der Waals surface area (Å²) in [5, 5.41) is 6.81. The summed E-state index contributed by atoms with van der Waals surface area (Å²) in [6.45, 7) is -0.405. The third-order valence-electron chi connectivity index (χ3n) is 3.54. The van der Waals surface area contributed by atoms with Crippen molar-refractivity contribution in [3.63, 3.8) is 0 Å². The van der Waals surface area contributed by atoms with Crippen molar-refractivity contribution in [2.24, 2.45) is 0 Å². The Morgan fingerprint density at radius 1 is 1.33 bits per heavy atom. The first kappa shape index (κ1) is 18.7. The average Bonchev–Trinajstić information content (AvgIpc) is 3.12. The van der Waals surface area contributed by atoms with Crippen LogP contribution in [0.15, 0.2) is 16.7 Å². The van der Waals surface area contributed by atoms with E-state index in [-0.39, 0.29) is 30.5 Å². The first-order valence-corrected chi connectivity index (χ1v) is 7.18. The molecule has 132 valence electrons. The van der Waals surface area contributed by atoms with E-state index in [4.69, 9.17) is 25.6 Å². The molecule has 10 heteroatoms. The van der Waals surface area contributed by atoms with Crippen molar-refractivity contribution >= 4 is 24.0 Å². The van der Waals surface area contributed by atoms with Crippen molar-refractivity contribution < 1.29 is 22.8 Å². The summed E-state index contributed by atoms with van der Waals surface area (Å²) >= 11 is 6.13. The molecule has 1 atom stereocenters. The molecule has 0 saturated carbocycles. The van der Waals surface area contributed by atoms with Gasteiger partial charge in [0.1, 0.15) is 0 Å². The van der Waals surface area contributed by atoms with E-state index >= 15 is 0 Å². The first-order chi connectivity index (χ1) is 10.9. The number of hydrogen-bond acceptors (Lipinski definition) is 6. The van der Waals surface area contributed by atoms with Crippen LogP contribution in [-0.4, -0.2) is 36.8 Å². The van der Waals surface area contributed by atoms with E-state index in [0.717, 1.165) is 0 Å². The van der Waals surface area contributed by atoms with Crippen LogP contribution in [-0.2, 0) is 0 Å². The summed E-state index contributed by atoms with van der Waals surface area (Å²) in [6.07, 6.45) is -0.374. The molecular weight excluding hydrogens is 367 g/mol. The van der Waals surface area contributed by atoms with Crippen molar-refractivity contribution in [1.29, 1.82) is 0 Å². The standard InChI is InChI=1S/C14H14ClF2N3O3.ClH/c1-21-10-4-7(3-8(15)11(10)22-2)12-19-13(23-20-12)9-5-14(16,17)6-18-9;/h3-4,9,18H,5-6H2,1-2H3;1H. The quantitative estimate of drug-likeness (QED) is 0.873. The Hall–Kier alpha value is -1.64. The predicted octanol–water partition coefficient (Wildman–Crippen LogP) is 3.50. The van der Waals surface area contributed by atoms with Gasteiger partial charge in [-0.15, -0.1) is 12.4 Å². The fraction of sp³-hybridized carbons (Fsp3) is 0.429. The van der Waals surface area contributed by atoms with Crippen LogP contribution in [0.5, 0.6) is 11.5 Å². The lowest BCUT2D eigenvalue weighted by Crippen LogP contribution is -2.19. The predicted molar refractivity (Wildman–Crippen MR) is 85.4 cm³/mol. The molecule has 0 amide bonds. The van der Waals surface area contributed by atoms with Gasteiger partial charge in [-0.3, -0.25) is 5.32 Å². The number of nitrogens with zero attached hydrogens (tertiary/aromatic N) is 2. The Morgan fingerprint density at radius 2 is 2.08 bits per heavy atom. The van der Waals surface area contributed by atoms with E-state index in [1.165, 1.54) is 14.2 Å². The minimum absolute atomic E-state index is 0. The third-order valence-corrected chi connectivity index (χ3v) is 3.82. The molecule has 1 unspecified atom stereocenters. The van der Waals surface area contributed by atoms with Crippen LogP contribution in [0.25, 0.3) is 11.4 Å². The fourth-order valence-electron chi connectivity index (χ4n) is 2.43. The summed E-state index contributed by atoms with van der Waals surface area (Å²) in [7, 11) is 2.95. The van der Waals surface area contributed by atoms with Gasteiger partial charge in [-0.1, -0.05) is 16.8 Å². The molecule has 3 rings (SSSR count). The number of rotatable bonds is 4. The minimum atomic E-state index is -2.77. The summed E-state index contributed by atoms with van der Waals surface area (Å²) < 4.78 is 41.9. The highest BCUT2D eigenvalue weighted by molar-refractivity contribution is 6.32. The number of halogens is 4. The highest BCUT2D eigenvalue weighted by Gasteiger charge is 2.42. The summed E-state index contributed by atoms with van der Waals surface area (Å²) in [4.78, 5) is 4.17. The largest absolute Gasteiger partial charge is 0.493 e. The smallest absolute Gasteiger partial charge is 0.262 e. The van der Waals surface area contributed by atoms with E-state index in [1.807, 2.05) is 0 Å². The first-order valence-electron chi connectivity index (χ1n) is 6.80. The van der Waals surface area contributed by atoms with Crippen LogP contribution in [0.2, 0.25) is 5.02 Å². The van der Waals surface area contributed by atoms with Crippen LogP contribution >= 0.6 is 24.0 Å². The number of ether oxygens (including phenoxy) is 2. The van der Waals surface area contributed by atoms with Gasteiger partial charge in [0.15, 0.2) is 11.5 Å². The molecule has 24 heavy (non-hydrogen) atoms. The molecule has 1 aromatic carbocycles. The normalized spacial score (nSPS) is 19.0. The van der Waals surface area contributed by atoms with Gasteiger partial charge in [0.05, 0.1) is 31.8 Å². The molecule has 0 radical (unpaired) electrons. The maximum Gasteiger partial charge on any atom is 0.262 e. The van der Waals surface area contributed by atoms with Crippen LogP contribution in [0.4, 0.5) is 8.78 Å². The molecular formula is C14H15Cl2F2N3O3. The van der Waals surface area contributed by atoms with Gasteiger partial charge in [0, 0.05) is 12.0 Å². The maximum absolute atomic E-state index is 13.2. The van der Waals surface area contributed by atoms with E-state index < -0.39 is 18.5 Å². The molecule has 1 aliphatic rings. The third kappa shape index (κ3) is 3.55. The Labute approximate surface area is 147 Å². The van der Waals surface area contributed by atoms with Crippen LogP contribution in [0.1, 0.15) is 18.4 Å². The molecule has 0 spiro atoms. The Kier molecular flexibility index (Phi) is 5.52. The van der Waals surface area contributed by atoms with E-state index in [2.05, 4.69) is 15.5 Å². The van der Waals surface area contributed by atoms with Crippen LogP contribution in [0.3, 0.4) is 0 Å². The van der Waals surface area contributed by atoms with Gasteiger partial charge >= 0.3 is 0 Å². The molecule has 2 heterocycles. The summed E-state index contributed by atoms with van der Waals surface area (Å²) in [5.74, 6) is -1.63. The van der Waals surface area contributed by atoms with Crippen LogP contribution < -0.4 is 14.8 Å². The van der Waals surface area contributed by atoms with Gasteiger partial charge in [-0.25, -0.2) is 8.78 Å². The summed E-state index contributed by atoms with van der Waals surface area (Å²) in [6, 6.07) is 2.56. The second-order valence-corrected chi connectivity index (χ2v) is 5.55. The molecule has 1 aliphatic heterocycles. The minimum Gasteiger partial charge on any atom is -0.493 e. The molecule has 0 aliphatic carbocycles. The molecule has 2 aromatic rings. The molecule has 1 fully saturated rings. The SMILES string of the molecule is COc1cc(-c2noc(C3CC(F)(F)CN3)n2)cc(Cl)c1OC.Cl. The topological polar surface area (TPSA) is 69.4 Å². The average molecular weight is 382 g/mol. The zero-order chi connectivity index (χ0) is 16.6. The molecule has 6 nitrogen and oxygen atoms in total. The molecule has 1 saturated heterocycles. The number of nitrogens with one attached hydrogen (secondary N) is 1. The Morgan fingerprint density at radius 3 is 2.67 bits per heavy atom. The van der Waals surface area contributed by atoms with E-state index in [9.17, 15) is 8.78 Å². The van der Waals surface area contributed by atoms with E-state index in [0.29, 0.717) is 22.1 Å². The number of aromatic nitrogens is 2. The molecule has 0 bridgehead atoms. The van der Waals surface area contributed by atoms with Crippen LogP contribution in [0, 0.1) is 0 Å². The lowest BCUT2D eigenvalue weighted by molar-refractivity contribution is 0.0200. The molecule has 1 aromatic heterocycles. The Bertz CT molecular complexity index is 727. The van der Waals surface area contributed by atoms with Crippen molar-refractivity contribution in [3.05, 3.63) is 23.0 Å². The highest BCUT2D eigenvalue weighted by atomic mass is 35.5. The monoisotopic (exact) mass is 381 g/mol. The van der Waals surface area contributed by atoms with Gasteiger partial charge in [0.2, 0.25) is 11.7 Å². The highest BCUT2D eigenvalue weighted by Crippen LogP contribution is 2.39. The van der Waals surface area contributed by atoms with Crippen molar-refractivity contribution in [2.75, 3.05) is 20.8 Å². The number of hydrogen-bond donors (Lipinski definition) is 1. The maximum atomic E-state index is 13.2. The number of benzene rings is 1. The van der Waals surface area contributed by atoms with Gasteiger partial charge in [0.25, 0.3) is 5.92 Å². The lowest BCUT2D eigenvalue weighted by atomic mass is 10.1. The number of methoxy groups -OCH3 is 2. The van der Waals surface area contributed by atoms with Crippen molar-refractivity contribution in [3.8, 4) is 22.9 Å². The summed E-state index contributed by atoms with van der Waals surface area (Å²) in [5.41, 5.74) is 0.535. The van der Waals surface area contributed by atoms with Gasteiger partial charge in [-0.05, 0) is 12.1 Å². The zero-order valence-electron chi connectivity index (χ0n) is 12.8. The second-order valence-electron chi connectivity index (χ2n) is 5.14. The van der Waals surface area contributed by atoms with Crippen molar-refractivity contribution in [2.45, 2.75) is 18.4 Å². The van der Waals surface area contributed by atoms with Gasteiger partial charge < -0.3 is 14.0 Å². The fourth-order valence-corrected chi connectivity index (χ4v) is 2.72. The van der Waals surface area contributed by atoms with Crippen molar-refractivity contribution in [1.82, 2.24) is 15.5 Å². The Balaban J connectivity index is 0.00000208. The van der Waals surface area contributed by atoms with Gasteiger partial charge in [-0.2, -0.15) is 4.98 Å². The lowest BCUT2D eigenvalue weighted by Gasteiger charge is -2.10. The zero-order valence-corrected chi connectivity index (χ0v) is 14.4. The number of alkyl halides is 2. The van der Waals surface area contributed by atoms with E-state index in [1.54, 1.807) is 12.1 Å². The molecule has 1 N–H and O–H groups in total. The second kappa shape index (κ2) is 7.08.